The number of rotatable bonds is 7. The molecule has 0 aliphatic carbocycles. The number of ketones is 1. The summed E-state index contributed by atoms with van der Waals surface area (Å²) < 4.78 is 16.8. The molecule has 31 heavy (non-hydrogen) atoms. The molecule has 6 heteroatoms. The number of carbonyl (C=O) groups is 2. The highest BCUT2D eigenvalue weighted by Gasteiger charge is 2.27. The van der Waals surface area contributed by atoms with Crippen LogP contribution in [0.5, 0.6) is 11.5 Å². The van der Waals surface area contributed by atoms with Gasteiger partial charge in [-0.15, -0.1) is 11.8 Å². The Bertz CT molecular complexity index is 967. The van der Waals surface area contributed by atoms with Crippen molar-refractivity contribution >= 4 is 29.6 Å². The smallest absolute Gasteiger partial charge is 0.339 e. The molecule has 0 N–H and O–H groups in total. The molecule has 0 saturated heterocycles. The van der Waals surface area contributed by atoms with E-state index < -0.39 is 11.6 Å². The van der Waals surface area contributed by atoms with E-state index in [-0.39, 0.29) is 5.78 Å². The average Bonchev–Trinajstić information content (AvgIpc) is 2.70. The first kappa shape index (κ1) is 24.5. The summed E-state index contributed by atoms with van der Waals surface area (Å²) in [6, 6.07) is 7.43. The summed E-state index contributed by atoms with van der Waals surface area (Å²) in [4.78, 5) is 26.6. The molecule has 0 saturated carbocycles. The fraction of sp³-hybridized carbons (Fsp3) is 0.360. The lowest BCUT2D eigenvalue weighted by Gasteiger charge is -2.24. The summed E-state index contributed by atoms with van der Waals surface area (Å²) in [5, 5.41) is 0. The van der Waals surface area contributed by atoms with Gasteiger partial charge in [0.25, 0.3) is 0 Å². The van der Waals surface area contributed by atoms with Gasteiger partial charge in [-0.2, -0.15) is 0 Å². The molecule has 0 fully saturated rings. The van der Waals surface area contributed by atoms with Gasteiger partial charge in [0, 0.05) is 21.6 Å². The predicted molar refractivity (Wildman–Crippen MR) is 126 cm³/mol. The van der Waals surface area contributed by atoms with Gasteiger partial charge in [0.15, 0.2) is 5.78 Å². The topological polar surface area (TPSA) is 61.8 Å². The summed E-state index contributed by atoms with van der Waals surface area (Å²) in [6.07, 6.45) is 5.14. The summed E-state index contributed by atoms with van der Waals surface area (Å²) in [7, 11) is 3.05. The molecular weight excluding hydrogens is 412 g/mol. The van der Waals surface area contributed by atoms with Gasteiger partial charge in [-0.25, -0.2) is 4.79 Å². The SMILES string of the molecule is COc1c(C)c(C(=O)OC(C)(C)C)c(C)c(OC)c1C=CC(=O)c1ccc(SC)cc1. The van der Waals surface area contributed by atoms with Gasteiger partial charge in [0.05, 0.1) is 25.3 Å². The second-order valence-corrected chi connectivity index (χ2v) is 8.91. The molecule has 0 amide bonds. The zero-order chi connectivity index (χ0) is 23.3. The molecule has 2 aromatic carbocycles. The van der Waals surface area contributed by atoms with E-state index in [0.717, 1.165) is 4.90 Å². The van der Waals surface area contributed by atoms with Crippen molar-refractivity contribution in [2.45, 2.75) is 45.1 Å². The first-order chi connectivity index (χ1) is 14.5. The number of carbonyl (C=O) groups excluding carboxylic acids is 2. The van der Waals surface area contributed by atoms with Crippen LogP contribution in [0.1, 0.15) is 58.2 Å². The third-order valence-corrected chi connectivity index (χ3v) is 5.45. The van der Waals surface area contributed by atoms with Crippen molar-refractivity contribution in [3.8, 4) is 11.5 Å². The molecule has 0 aliphatic rings. The molecule has 0 spiro atoms. The van der Waals surface area contributed by atoms with E-state index in [2.05, 4.69) is 0 Å². The molecule has 166 valence electrons. The van der Waals surface area contributed by atoms with Crippen molar-refractivity contribution in [1.29, 1.82) is 0 Å². The lowest BCUT2D eigenvalue weighted by atomic mass is 9.95. The van der Waals surface area contributed by atoms with E-state index in [1.54, 1.807) is 43.8 Å². The van der Waals surface area contributed by atoms with Crippen LogP contribution in [0, 0.1) is 13.8 Å². The minimum Gasteiger partial charge on any atom is -0.496 e. The second-order valence-electron chi connectivity index (χ2n) is 8.03. The third-order valence-electron chi connectivity index (χ3n) is 4.71. The Morgan fingerprint density at radius 3 is 1.87 bits per heavy atom. The lowest BCUT2D eigenvalue weighted by molar-refractivity contribution is 0.00670. The Balaban J connectivity index is 2.53. The Hall–Kier alpha value is -2.73. The van der Waals surface area contributed by atoms with Gasteiger partial charge in [-0.1, -0.05) is 0 Å². The largest absolute Gasteiger partial charge is 0.496 e. The monoisotopic (exact) mass is 442 g/mol. The number of allylic oxidation sites excluding steroid dienone is 1. The Labute approximate surface area is 188 Å². The van der Waals surface area contributed by atoms with E-state index in [9.17, 15) is 9.59 Å². The molecule has 0 aromatic heterocycles. The molecule has 0 radical (unpaired) electrons. The maximum atomic E-state index is 12.8. The van der Waals surface area contributed by atoms with Crippen LogP contribution in [0.25, 0.3) is 6.08 Å². The standard InChI is InChI=1S/C25H30O5S/c1-15-21(24(27)30-25(3,4)5)16(2)23(29-7)19(22(15)28-6)13-14-20(26)17-9-11-18(31-8)12-10-17/h9-14H,1-8H3. The number of hydrogen-bond donors (Lipinski definition) is 0. The van der Waals surface area contributed by atoms with Gasteiger partial charge in [-0.05, 0) is 77.3 Å². The van der Waals surface area contributed by atoms with Crippen LogP contribution < -0.4 is 9.47 Å². The number of benzene rings is 2. The highest BCUT2D eigenvalue weighted by atomic mass is 32.2. The summed E-state index contributed by atoms with van der Waals surface area (Å²) >= 11 is 1.62. The second kappa shape index (κ2) is 10.1. The summed E-state index contributed by atoms with van der Waals surface area (Å²) in [5.74, 6) is 0.345. The zero-order valence-electron chi connectivity index (χ0n) is 19.4. The zero-order valence-corrected chi connectivity index (χ0v) is 20.2. The van der Waals surface area contributed by atoms with Gasteiger partial charge in [-0.3, -0.25) is 4.79 Å². The summed E-state index contributed by atoms with van der Waals surface area (Å²) in [5.41, 5.74) is 2.22. The van der Waals surface area contributed by atoms with E-state index in [1.807, 2.05) is 39.2 Å². The van der Waals surface area contributed by atoms with Crippen LogP contribution in [0.2, 0.25) is 0 Å². The Morgan fingerprint density at radius 1 is 0.935 bits per heavy atom. The molecule has 0 unspecified atom stereocenters. The van der Waals surface area contributed by atoms with Crippen LogP contribution in [-0.4, -0.2) is 37.8 Å². The number of methoxy groups -OCH3 is 2. The van der Waals surface area contributed by atoms with E-state index in [0.29, 0.717) is 39.3 Å². The first-order valence-corrected chi connectivity index (χ1v) is 11.1. The Kier molecular flexibility index (Phi) is 7.96. The predicted octanol–water partition coefficient (Wildman–Crippen LogP) is 5.89. The van der Waals surface area contributed by atoms with Crippen molar-refractivity contribution in [2.75, 3.05) is 20.5 Å². The van der Waals surface area contributed by atoms with Crippen LogP contribution >= 0.6 is 11.8 Å². The fourth-order valence-electron chi connectivity index (χ4n) is 3.34. The minimum absolute atomic E-state index is 0.136. The summed E-state index contributed by atoms with van der Waals surface area (Å²) in [6.45, 7) is 9.05. The molecule has 2 rings (SSSR count). The number of esters is 1. The van der Waals surface area contributed by atoms with Gasteiger partial charge < -0.3 is 14.2 Å². The van der Waals surface area contributed by atoms with Crippen molar-refractivity contribution in [3.63, 3.8) is 0 Å². The van der Waals surface area contributed by atoms with Crippen molar-refractivity contribution < 1.29 is 23.8 Å². The minimum atomic E-state index is -0.632. The van der Waals surface area contributed by atoms with Crippen LogP contribution in [0.3, 0.4) is 0 Å². The van der Waals surface area contributed by atoms with Gasteiger partial charge in [0.2, 0.25) is 0 Å². The lowest BCUT2D eigenvalue weighted by Crippen LogP contribution is -2.25. The van der Waals surface area contributed by atoms with Crippen molar-refractivity contribution in [3.05, 3.63) is 58.2 Å². The number of hydrogen-bond acceptors (Lipinski definition) is 6. The van der Waals surface area contributed by atoms with Crippen LogP contribution in [0.15, 0.2) is 35.2 Å². The van der Waals surface area contributed by atoms with E-state index in [1.165, 1.54) is 20.3 Å². The molecule has 2 aromatic rings. The molecule has 0 atom stereocenters. The molecule has 0 bridgehead atoms. The number of thioether (sulfide) groups is 1. The quantitative estimate of drug-likeness (QED) is 0.230. The normalized spacial score (nSPS) is 11.5. The van der Waals surface area contributed by atoms with Crippen molar-refractivity contribution in [2.24, 2.45) is 0 Å². The highest BCUT2D eigenvalue weighted by molar-refractivity contribution is 7.98. The fourth-order valence-corrected chi connectivity index (χ4v) is 3.75. The third kappa shape index (κ3) is 5.70. The molecule has 0 aliphatic heterocycles. The van der Waals surface area contributed by atoms with E-state index >= 15 is 0 Å². The molecule has 0 heterocycles. The average molecular weight is 443 g/mol. The maximum absolute atomic E-state index is 12.8. The van der Waals surface area contributed by atoms with Crippen LogP contribution in [-0.2, 0) is 4.74 Å². The first-order valence-electron chi connectivity index (χ1n) is 9.89. The molecular formula is C25H30O5S. The van der Waals surface area contributed by atoms with E-state index in [4.69, 9.17) is 14.2 Å². The van der Waals surface area contributed by atoms with Gasteiger partial charge >= 0.3 is 5.97 Å². The van der Waals surface area contributed by atoms with Crippen molar-refractivity contribution in [1.82, 2.24) is 0 Å². The maximum Gasteiger partial charge on any atom is 0.339 e. The highest BCUT2D eigenvalue weighted by Crippen LogP contribution is 2.40. The van der Waals surface area contributed by atoms with Gasteiger partial charge in [0.1, 0.15) is 17.1 Å². The van der Waals surface area contributed by atoms with Crippen LogP contribution in [0.4, 0.5) is 0 Å². The Morgan fingerprint density at radius 2 is 1.45 bits per heavy atom. The molecule has 5 nitrogen and oxygen atoms in total. The number of ether oxygens (including phenoxy) is 3.